The third kappa shape index (κ3) is 6.00. The van der Waals surface area contributed by atoms with Crippen molar-refractivity contribution < 1.29 is 13.9 Å². The molecule has 0 unspecified atom stereocenters. The molecular formula is C28H27FN6O2. The number of aryl methyl sites for hydroxylation is 2. The van der Waals surface area contributed by atoms with E-state index in [9.17, 15) is 9.18 Å². The molecule has 0 atom stereocenters. The van der Waals surface area contributed by atoms with Crippen molar-refractivity contribution in [1.29, 1.82) is 0 Å². The topological polar surface area (TPSA) is 83.5 Å². The van der Waals surface area contributed by atoms with Crippen LogP contribution in [0.4, 0.5) is 21.8 Å². The van der Waals surface area contributed by atoms with E-state index in [1.165, 1.54) is 12.1 Å². The molecular weight excluding hydrogens is 471 g/mol. The standard InChI is InChI=1S/C28H27FN6O2/c1-19-10-11-30-25(16-19)33-26-18-27(32-20(2)31-26)34-12-14-35(15-13-34)28(36)21-4-3-5-24(17-21)37-23-8-6-22(29)7-9-23/h3-11,16-18H,12-15H2,1-2H3,(H,30,31,32,33). The Kier molecular flexibility index (Phi) is 6.93. The summed E-state index contributed by atoms with van der Waals surface area (Å²) < 4.78 is 18.9. The van der Waals surface area contributed by atoms with Gasteiger partial charge in [-0.25, -0.2) is 19.3 Å². The van der Waals surface area contributed by atoms with Crippen LogP contribution in [0.5, 0.6) is 11.5 Å². The molecule has 1 saturated heterocycles. The van der Waals surface area contributed by atoms with Crippen LogP contribution in [0.15, 0.2) is 72.9 Å². The van der Waals surface area contributed by atoms with Crippen molar-refractivity contribution >= 4 is 23.4 Å². The number of aromatic nitrogens is 3. The maximum absolute atomic E-state index is 13.2. The number of anilines is 3. The molecule has 3 heterocycles. The first-order chi connectivity index (χ1) is 17.9. The molecule has 2 aromatic carbocycles. The SMILES string of the molecule is Cc1ccnc(Nc2cc(N3CCN(C(=O)c4cccc(Oc5ccc(F)cc5)c4)CC3)nc(C)n2)c1. The molecule has 4 aromatic rings. The van der Waals surface area contributed by atoms with E-state index in [-0.39, 0.29) is 11.7 Å². The first-order valence-corrected chi connectivity index (χ1v) is 12.1. The minimum absolute atomic E-state index is 0.0593. The van der Waals surface area contributed by atoms with Crippen LogP contribution in [0, 0.1) is 19.7 Å². The molecule has 0 bridgehead atoms. The maximum Gasteiger partial charge on any atom is 0.254 e. The Labute approximate surface area is 214 Å². The summed E-state index contributed by atoms with van der Waals surface area (Å²) in [6, 6.07) is 18.6. The molecule has 1 aliphatic rings. The molecule has 0 radical (unpaired) electrons. The largest absolute Gasteiger partial charge is 0.457 e. The summed E-state index contributed by atoms with van der Waals surface area (Å²) in [5.41, 5.74) is 1.65. The molecule has 1 fully saturated rings. The van der Waals surface area contributed by atoms with Crippen LogP contribution in [-0.4, -0.2) is 51.9 Å². The Morgan fingerprint density at radius 3 is 2.43 bits per heavy atom. The van der Waals surface area contributed by atoms with Gasteiger partial charge in [-0.2, -0.15) is 0 Å². The van der Waals surface area contributed by atoms with Gasteiger partial charge in [-0.05, 0) is 74.0 Å². The van der Waals surface area contributed by atoms with Crippen molar-refractivity contribution in [2.45, 2.75) is 13.8 Å². The van der Waals surface area contributed by atoms with Crippen LogP contribution in [-0.2, 0) is 0 Å². The zero-order valence-electron chi connectivity index (χ0n) is 20.7. The van der Waals surface area contributed by atoms with Crippen LogP contribution >= 0.6 is 0 Å². The van der Waals surface area contributed by atoms with Crippen molar-refractivity contribution in [3.63, 3.8) is 0 Å². The zero-order valence-corrected chi connectivity index (χ0v) is 20.7. The minimum atomic E-state index is -0.330. The predicted octanol–water partition coefficient (Wildman–Crippen LogP) is 5.13. The van der Waals surface area contributed by atoms with E-state index in [0.717, 1.165) is 17.2 Å². The average Bonchev–Trinajstić information content (AvgIpc) is 2.89. The van der Waals surface area contributed by atoms with E-state index in [0.29, 0.717) is 54.9 Å². The molecule has 8 nitrogen and oxygen atoms in total. The lowest BCUT2D eigenvalue weighted by molar-refractivity contribution is 0.0746. The van der Waals surface area contributed by atoms with Crippen LogP contribution in [0.1, 0.15) is 21.7 Å². The van der Waals surface area contributed by atoms with Crippen molar-refractivity contribution in [2.24, 2.45) is 0 Å². The molecule has 0 spiro atoms. The third-order valence-corrected chi connectivity index (χ3v) is 6.02. The monoisotopic (exact) mass is 498 g/mol. The van der Waals surface area contributed by atoms with Crippen LogP contribution in [0.2, 0.25) is 0 Å². The number of pyridine rings is 1. The first-order valence-electron chi connectivity index (χ1n) is 12.1. The summed E-state index contributed by atoms with van der Waals surface area (Å²) in [6.07, 6.45) is 1.76. The highest BCUT2D eigenvalue weighted by molar-refractivity contribution is 5.94. The van der Waals surface area contributed by atoms with Gasteiger partial charge < -0.3 is 19.9 Å². The number of carbonyl (C=O) groups is 1. The number of rotatable bonds is 6. The fraction of sp³-hybridized carbons (Fsp3) is 0.214. The molecule has 1 aliphatic heterocycles. The smallest absolute Gasteiger partial charge is 0.254 e. The van der Waals surface area contributed by atoms with Crippen LogP contribution < -0.4 is 15.0 Å². The second kappa shape index (κ2) is 10.6. The molecule has 5 rings (SSSR count). The summed E-state index contributed by atoms with van der Waals surface area (Å²) >= 11 is 0. The van der Waals surface area contributed by atoms with Gasteiger partial charge in [0, 0.05) is 44.0 Å². The average molecular weight is 499 g/mol. The summed E-state index contributed by atoms with van der Waals surface area (Å²) in [7, 11) is 0. The quantitative estimate of drug-likeness (QED) is 0.395. The summed E-state index contributed by atoms with van der Waals surface area (Å²) in [4.78, 5) is 30.6. The zero-order chi connectivity index (χ0) is 25.8. The normalized spacial score (nSPS) is 13.4. The number of nitrogens with one attached hydrogen (secondary N) is 1. The van der Waals surface area contributed by atoms with Gasteiger partial charge in [0.25, 0.3) is 5.91 Å². The van der Waals surface area contributed by atoms with Gasteiger partial charge in [0.05, 0.1) is 0 Å². The summed E-state index contributed by atoms with van der Waals surface area (Å²) in [5.74, 6) is 3.51. The lowest BCUT2D eigenvalue weighted by atomic mass is 10.1. The van der Waals surface area contributed by atoms with Gasteiger partial charge in [-0.15, -0.1) is 0 Å². The third-order valence-electron chi connectivity index (χ3n) is 6.02. The Hall–Kier alpha value is -4.53. The molecule has 1 N–H and O–H groups in total. The van der Waals surface area contributed by atoms with Crippen molar-refractivity contribution in [2.75, 3.05) is 36.4 Å². The van der Waals surface area contributed by atoms with Gasteiger partial charge in [0.1, 0.15) is 40.6 Å². The van der Waals surface area contributed by atoms with Gasteiger partial charge >= 0.3 is 0 Å². The van der Waals surface area contributed by atoms with E-state index in [2.05, 4.69) is 25.2 Å². The number of amides is 1. The number of hydrogen-bond acceptors (Lipinski definition) is 7. The number of carbonyl (C=O) groups excluding carboxylic acids is 1. The Morgan fingerprint density at radius 1 is 0.892 bits per heavy atom. The number of ether oxygens (including phenoxy) is 1. The molecule has 188 valence electrons. The lowest BCUT2D eigenvalue weighted by Gasteiger charge is -2.35. The maximum atomic E-state index is 13.2. The number of benzene rings is 2. The van der Waals surface area contributed by atoms with Crippen molar-refractivity contribution in [3.8, 4) is 11.5 Å². The van der Waals surface area contributed by atoms with E-state index >= 15 is 0 Å². The van der Waals surface area contributed by atoms with Crippen LogP contribution in [0.25, 0.3) is 0 Å². The Morgan fingerprint density at radius 2 is 1.68 bits per heavy atom. The van der Waals surface area contributed by atoms with E-state index in [1.54, 1.807) is 42.6 Å². The van der Waals surface area contributed by atoms with Gasteiger partial charge in [-0.3, -0.25) is 4.79 Å². The number of hydrogen-bond donors (Lipinski definition) is 1. The molecule has 37 heavy (non-hydrogen) atoms. The molecule has 1 amide bonds. The second-order valence-corrected chi connectivity index (χ2v) is 8.87. The summed E-state index contributed by atoms with van der Waals surface area (Å²) in [5, 5.41) is 3.26. The van der Waals surface area contributed by atoms with E-state index in [4.69, 9.17) is 4.74 Å². The minimum Gasteiger partial charge on any atom is -0.457 e. The summed E-state index contributed by atoms with van der Waals surface area (Å²) in [6.45, 7) is 6.30. The molecule has 2 aromatic heterocycles. The van der Waals surface area contributed by atoms with Gasteiger partial charge in [0.15, 0.2) is 0 Å². The van der Waals surface area contributed by atoms with Crippen molar-refractivity contribution in [3.05, 3.63) is 95.7 Å². The highest BCUT2D eigenvalue weighted by atomic mass is 19.1. The predicted molar refractivity (Wildman–Crippen MR) is 140 cm³/mol. The number of piperazine rings is 1. The Bertz CT molecular complexity index is 1400. The first kappa shape index (κ1) is 24.2. The lowest BCUT2D eigenvalue weighted by Crippen LogP contribution is -2.49. The highest BCUT2D eigenvalue weighted by Gasteiger charge is 2.24. The van der Waals surface area contributed by atoms with Crippen molar-refractivity contribution in [1.82, 2.24) is 19.9 Å². The van der Waals surface area contributed by atoms with E-state index < -0.39 is 0 Å². The van der Waals surface area contributed by atoms with Crippen LogP contribution in [0.3, 0.4) is 0 Å². The second-order valence-electron chi connectivity index (χ2n) is 8.87. The van der Waals surface area contributed by atoms with Gasteiger partial charge in [0.2, 0.25) is 0 Å². The molecule has 9 heteroatoms. The Balaban J connectivity index is 1.22. The van der Waals surface area contributed by atoms with Gasteiger partial charge in [-0.1, -0.05) is 6.07 Å². The molecule has 0 saturated carbocycles. The molecule has 0 aliphatic carbocycles. The fourth-order valence-corrected chi connectivity index (χ4v) is 4.17. The number of halogens is 1. The number of nitrogens with zero attached hydrogens (tertiary/aromatic N) is 5. The fourth-order valence-electron chi connectivity index (χ4n) is 4.17. The highest BCUT2D eigenvalue weighted by Crippen LogP contribution is 2.24. The van der Waals surface area contributed by atoms with E-state index in [1.807, 2.05) is 36.9 Å².